The smallest absolute Gasteiger partial charge is 0.318 e. The lowest BCUT2D eigenvalue weighted by molar-refractivity contribution is 0.188. The van der Waals surface area contributed by atoms with Crippen molar-refractivity contribution >= 4 is 17.1 Å². The zero-order chi connectivity index (χ0) is 17.2. The van der Waals surface area contributed by atoms with Crippen molar-refractivity contribution in [3.63, 3.8) is 0 Å². The summed E-state index contributed by atoms with van der Waals surface area (Å²) in [6.07, 6.45) is 3.55. The van der Waals surface area contributed by atoms with Crippen LogP contribution >= 0.6 is 0 Å². The van der Waals surface area contributed by atoms with Gasteiger partial charge in [-0.2, -0.15) is 0 Å². The average molecular weight is 338 g/mol. The van der Waals surface area contributed by atoms with Gasteiger partial charge in [0.15, 0.2) is 0 Å². The third-order valence-electron chi connectivity index (χ3n) is 4.81. The molecule has 1 fully saturated rings. The maximum absolute atomic E-state index is 12.7. The third kappa shape index (κ3) is 2.88. The highest BCUT2D eigenvalue weighted by Gasteiger charge is 2.33. The number of furan rings is 1. The van der Waals surface area contributed by atoms with Gasteiger partial charge in [-0.15, -0.1) is 0 Å². The molecule has 1 aliphatic rings. The number of nitrogens with zero attached hydrogens (tertiary/aromatic N) is 3. The van der Waals surface area contributed by atoms with Gasteiger partial charge in [-0.05, 0) is 44.0 Å². The van der Waals surface area contributed by atoms with E-state index in [-0.39, 0.29) is 12.1 Å². The Morgan fingerprint density at radius 3 is 3.00 bits per heavy atom. The van der Waals surface area contributed by atoms with Crippen molar-refractivity contribution in [3.8, 4) is 0 Å². The number of aryl methyl sites for hydroxylation is 1. The largest absolute Gasteiger partial charge is 0.467 e. The molecule has 6 nitrogen and oxygen atoms in total. The topological polar surface area (TPSA) is 63.3 Å². The van der Waals surface area contributed by atoms with Crippen LogP contribution in [0.2, 0.25) is 0 Å². The fourth-order valence-electron chi connectivity index (χ4n) is 3.64. The Morgan fingerprint density at radius 1 is 1.32 bits per heavy atom. The maximum Gasteiger partial charge on any atom is 0.318 e. The van der Waals surface area contributed by atoms with E-state index in [9.17, 15) is 4.79 Å². The van der Waals surface area contributed by atoms with Crippen molar-refractivity contribution in [3.05, 3.63) is 54.2 Å². The van der Waals surface area contributed by atoms with Crippen molar-refractivity contribution in [2.24, 2.45) is 0 Å². The molecule has 0 spiro atoms. The first-order valence-corrected chi connectivity index (χ1v) is 8.80. The Labute approximate surface area is 146 Å². The van der Waals surface area contributed by atoms with E-state index in [0.29, 0.717) is 6.54 Å². The molecular formula is C19H22N4O2. The van der Waals surface area contributed by atoms with Crippen LogP contribution < -0.4 is 5.32 Å². The minimum atomic E-state index is -0.0615. The van der Waals surface area contributed by atoms with Crippen LogP contribution in [-0.4, -0.2) is 27.0 Å². The molecular weight excluding hydrogens is 316 g/mol. The van der Waals surface area contributed by atoms with Gasteiger partial charge in [0.1, 0.15) is 11.6 Å². The van der Waals surface area contributed by atoms with Gasteiger partial charge < -0.3 is 19.2 Å². The molecule has 2 aromatic heterocycles. The number of para-hydroxylation sites is 2. The van der Waals surface area contributed by atoms with E-state index < -0.39 is 0 Å². The van der Waals surface area contributed by atoms with Crippen LogP contribution in [0.15, 0.2) is 47.1 Å². The lowest BCUT2D eigenvalue weighted by Gasteiger charge is -2.25. The van der Waals surface area contributed by atoms with Crippen molar-refractivity contribution in [1.29, 1.82) is 0 Å². The van der Waals surface area contributed by atoms with E-state index in [0.717, 1.165) is 48.5 Å². The lowest BCUT2D eigenvalue weighted by Crippen LogP contribution is -2.39. The van der Waals surface area contributed by atoms with Crippen LogP contribution in [0.25, 0.3) is 11.0 Å². The molecule has 1 aliphatic heterocycles. The van der Waals surface area contributed by atoms with E-state index in [4.69, 9.17) is 9.40 Å². The van der Waals surface area contributed by atoms with Gasteiger partial charge in [0.2, 0.25) is 0 Å². The van der Waals surface area contributed by atoms with Crippen LogP contribution in [0.1, 0.15) is 37.4 Å². The van der Waals surface area contributed by atoms with Gasteiger partial charge in [-0.1, -0.05) is 12.1 Å². The molecule has 3 heterocycles. The van der Waals surface area contributed by atoms with Gasteiger partial charge >= 0.3 is 6.03 Å². The third-order valence-corrected chi connectivity index (χ3v) is 4.81. The molecule has 3 aromatic rings. The number of rotatable bonds is 4. The zero-order valence-corrected chi connectivity index (χ0v) is 14.3. The van der Waals surface area contributed by atoms with E-state index in [1.807, 2.05) is 35.2 Å². The first kappa shape index (κ1) is 15.7. The predicted octanol–water partition coefficient (Wildman–Crippen LogP) is 3.70. The van der Waals surface area contributed by atoms with Crippen LogP contribution in [0.4, 0.5) is 4.79 Å². The van der Waals surface area contributed by atoms with Crippen molar-refractivity contribution in [1.82, 2.24) is 19.8 Å². The van der Waals surface area contributed by atoms with Gasteiger partial charge in [0.25, 0.3) is 0 Å². The molecule has 1 N–H and O–H groups in total. The Bertz CT molecular complexity index is 869. The highest BCUT2D eigenvalue weighted by molar-refractivity contribution is 5.77. The molecule has 0 saturated carbocycles. The van der Waals surface area contributed by atoms with Gasteiger partial charge in [0.05, 0.1) is 29.9 Å². The fourth-order valence-corrected chi connectivity index (χ4v) is 3.64. The normalized spacial score (nSPS) is 17.3. The monoisotopic (exact) mass is 338 g/mol. The Balaban J connectivity index is 1.58. The Morgan fingerprint density at radius 2 is 2.20 bits per heavy atom. The number of likely N-dealkylation sites (tertiary alicyclic amines) is 1. The summed E-state index contributed by atoms with van der Waals surface area (Å²) in [5.41, 5.74) is 2.12. The number of urea groups is 1. The second-order valence-corrected chi connectivity index (χ2v) is 6.29. The summed E-state index contributed by atoms with van der Waals surface area (Å²) in [7, 11) is 0. The van der Waals surface area contributed by atoms with Crippen LogP contribution in [-0.2, 0) is 13.1 Å². The summed E-state index contributed by atoms with van der Waals surface area (Å²) >= 11 is 0. The number of hydrogen-bond acceptors (Lipinski definition) is 3. The quantitative estimate of drug-likeness (QED) is 0.789. The number of amides is 2. The van der Waals surface area contributed by atoms with Gasteiger partial charge in [0, 0.05) is 13.1 Å². The molecule has 25 heavy (non-hydrogen) atoms. The van der Waals surface area contributed by atoms with E-state index in [1.165, 1.54) is 0 Å². The molecule has 2 amide bonds. The summed E-state index contributed by atoms with van der Waals surface area (Å²) in [6.45, 7) is 4.11. The summed E-state index contributed by atoms with van der Waals surface area (Å²) in [5, 5.41) is 2.95. The molecule has 6 heteroatoms. The standard InChI is InChI=1S/C19H22N4O2/c1-2-22-16-9-4-3-8-15(16)21-18(22)17-10-5-11-23(17)19(24)20-13-14-7-6-12-25-14/h3-4,6-9,12,17H,2,5,10-11,13H2,1H3,(H,20,24). The minimum absolute atomic E-state index is 0.0175. The highest BCUT2D eigenvalue weighted by Crippen LogP contribution is 2.33. The number of nitrogens with one attached hydrogen (secondary N) is 1. The SMILES string of the molecule is CCn1c(C2CCCN2C(=O)NCc2ccco2)nc2ccccc21. The molecule has 0 bridgehead atoms. The average Bonchev–Trinajstić information content (AvgIpc) is 3.37. The second-order valence-electron chi connectivity index (χ2n) is 6.29. The molecule has 1 saturated heterocycles. The molecule has 0 radical (unpaired) electrons. The van der Waals surface area contributed by atoms with Gasteiger partial charge in [-0.25, -0.2) is 9.78 Å². The summed E-state index contributed by atoms with van der Waals surface area (Å²) < 4.78 is 7.51. The van der Waals surface area contributed by atoms with Crippen molar-refractivity contribution < 1.29 is 9.21 Å². The number of carbonyl (C=O) groups is 1. The summed E-state index contributed by atoms with van der Waals surface area (Å²) in [6, 6.07) is 11.8. The summed E-state index contributed by atoms with van der Waals surface area (Å²) in [4.78, 5) is 19.4. The van der Waals surface area contributed by atoms with Crippen LogP contribution in [0, 0.1) is 0 Å². The first-order chi connectivity index (χ1) is 12.3. The predicted molar refractivity (Wildman–Crippen MR) is 95.0 cm³/mol. The molecule has 1 unspecified atom stereocenters. The first-order valence-electron chi connectivity index (χ1n) is 8.80. The number of carbonyl (C=O) groups excluding carboxylic acids is 1. The Hall–Kier alpha value is -2.76. The summed E-state index contributed by atoms with van der Waals surface area (Å²) in [5.74, 6) is 1.74. The van der Waals surface area contributed by atoms with E-state index in [2.05, 4.69) is 22.9 Å². The highest BCUT2D eigenvalue weighted by atomic mass is 16.3. The number of fused-ring (bicyclic) bond motifs is 1. The number of hydrogen-bond donors (Lipinski definition) is 1. The number of imidazole rings is 1. The van der Waals surface area contributed by atoms with Crippen molar-refractivity contribution in [2.45, 2.75) is 38.9 Å². The molecule has 1 atom stereocenters. The molecule has 0 aliphatic carbocycles. The van der Waals surface area contributed by atoms with Crippen LogP contribution in [0.5, 0.6) is 0 Å². The zero-order valence-electron chi connectivity index (χ0n) is 14.3. The van der Waals surface area contributed by atoms with Crippen molar-refractivity contribution in [2.75, 3.05) is 6.54 Å². The van der Waals surface area contributed by atoms with E-state index in [1.54, 1.807) is 6.26 Å². The minimum Gasteiger partial charge on any atom is -0.467 e. The Kier molecular flexibility index (Phi) is 4.17. The van der Waals surface area contributed by atoms with Crippen LogP contribution in [0.3, 0.4) is 0 Å². The second kappa shape index (κ2) is 6.63. The molecule has 130 valence electrons. The van der Waals surface area contributed by atoms with Gasteiger partial charge in [-0.3, -0.25) is 0 Å². The maximum atomic E-state index is 12.7. The number of aromatic nitrogens is 2. The fraction of sp³-hybridized carbons (Fsp3) is 0.368. The van der Waals surface area contributed by atoms with E-state index >= 15 is 0 Å². The molecule has 1 aromatic carbocycles. The number of benzene rings is 1. The lowest BCUT2D eigenvalue weighted by atomic mass is 10.2. The molecule has 4 rings (SSSR count).